The van der Waals surface area contributed by atoms with Crippen LogP contribution in [0.25, 0.3) is 11.0 Å². The highest BCUT2D eigenvalue weighted by atomic mass is 16.5. The summed E-state index contributed by atoms with van der Waals surface area (Å²) in [5.41, 5.74) is 2.29. The molecule has 0 bridgehead atoms. The summed E-state index contributed by atoms with van der Waals surface area (Å²) in [6, 6.07) is 14.6. The van der Waals surface area contributed by atoms with Crippen molar-refractivity contribution >= 4 is 28.5 Å². The maximum Gasteiger partial charge on any atom is 0.255 e. The molecule has 2 heterocycles. The lowest BCUT2D eigenvalue weighted by atomic mass is 9.91. The molecule has 6 nitrogen and oxygen atoms in total. The van der Waals surface area contributed by atoms with E-state index < -0.39 is 0 Å². The molecule has 6 heteroatoms. The van der Waals surface area contributed by atoms with E-state index in [4.69, 9.17) is 4.52 Å². The molecular weight excluding hydrogens is 366 g/mol. The van der Waals surface area contributed by atoms with Crippen LogP contribution in [0.5, 0.6) is 0 Å². The Bertz CT molecular complexity index is 1030. The summed E-state index contributed by atoms with van der Waals surface area (Å²) in [5.74, 6) is 0.686. The lowest BCUT2D eigenvalue weighted by Gasteiger charge is -2.35. The van der Waals surface area contributed by atoms with Gasteiger partial charge in [0.25, 0.3) is 5.91 Å². The smallest absolute Gasteiger partial charge is 0.255 e. The molecule has 1 aliphatic heterocycles. The molecule has 2 amide bonds. The van der Waals surface area contributed by atoms with Crippen molar-refractivity contribution in [1.82, 2.24) is 10.1 Å². The van der Waals surface area contributed by atoms with E-state index in [1.165, 1.54) is 0 Å². The number of amides is 2. The lowest BCUT2D eigenvalue weighted by Crippen LogP contribution is -2.42. The summed E-state index contributed by atoms with van der Waals surface area (Å²) in [6.45, 7) is 5.84. The number of carbonyl (C=O) groups is 2. The van der Waals surface area contributed by atoms with E-state index in [0.717, 1.165) is 24.9 Å². The van der Waals surface area contributed by atoms with Crippen LogP contribution in [0.4, 0.5) is 5.69 Å². The predicted octanol–water partition coefficient (Wildman–Crippen LogP) is 4.13. The average molecular weight is 391 g/mol. The molecule has 0 saturated carbocycles. The van der Waals surface area contributed by atoms with Gasteiger partial charge in [0.2, 0.25) is 5.91 Å². The molecule has 1 fully saturated rings. The maximum absolute atomic E-state index is 13.1. The minimum absolute atomic E-state index is 0.0359. The number of fused-ring (bicyclic) bond motifs is 1. The summed E-state index contributed by atoms with van der Waals surface area (Å²) in [6.07, 6.45) is 1.21. The number of hydrogen-bond donors (Lipinski definition) is 1. The Morgan fingerprint density at radius 1 is 1.07 bits per heavy atom. The molecule has 29 heavy (non-hydrogen) atoms. The molecule has 1 aromatic heterocycles. The number of para-hydroxylation sites is 2. The zero-order valence-corrected chi connectivity index (χ0v) is 16.7. The molecule has 0 aliphatic carbocycles. The van der Waals surface area contributed by atoms with E-state index in [-0.39, 0.29) is 18.2 Å². The van der Waals surface area contributed by atoms with Crippen LogP contribution in [0.1, 0.15) is 36.3 Å². The quantitative estimate of drug-likeness (QED) is 0.726. The number of piperidine rings is 1. The van der Waals surface area contributed by atoms with Gasteiger partial charge in [-0.05, 0) is 42.5 Å². The van der Waals surface area contributed by atoms with Crippen LogP contribution in [0.2, 0.25) is 0 Å². The number of nitrogens with one attached hydrogen (secondary N) is 1. The Labute approximate surface area is 169 Å². The van der Waals surface area contributed by atoms with E-state index in [2.05, 4.69) is 24.3 Å². The fraction of sp³-hybridized carbons (Fsp3) is 0.348. The van der Waals surface area contributed by atoms with Crippen LogP contribution in [0, 0.1) is 11.8 Å². The molecule has 0 spiro atoms. The van der Waals surface area contributed by atoms with Gasteiger partial charge in [-0.1, -0.05) is 43.3 Å². The topological polar surface area (TPSA) is 75.4 Å². The minimum Gasteiger partial charge on any atom is -0.356 e. The fourth-order valence-corrected chi connectivity index (χ4v) is 4.19. The average Bonchev–Trinajstić information content (AvgIpc) is 3.10. The third kappa shape index (κ3) is 4.16. The van der Waals surface area contributed by atoms with Crippen LogP contribution in [-0.4, -0.2) is 35.0 Å². The molecule has 4 rings (SSSR count). The number of anilines is 1. The Morgan fingerprint density at radius 2 is 1.76 bits per heavy atom. The van der Waals surface area contributed by atoms with E-state index in [1.54, 1.807) is 12.1 Å². The number of nitrogens with zero attached hydrogens (tertiary/aromatic N) is 2. The van der Waals surface area contributed by atoms with E-state index in [0.29, 0.717) is 34.4 Å². The SMILES string of the molecule is CC1CC(C)CN(C(=O)c2ccccc2NC(=O)Cc2noc3ccccc23)C1. The summed E-state index contributed by atoms with van der Waals surface area (Å²) in [4.78, 5) is 27.7. The Kier molecular flexibility index (Phi) is 5.34. The Morgan fingerprint density at radius 3 is 2.55 bits per heavy atom. The molecule has 1 saturated heterocycles. The summed E-state index contributed by atoms with van der Waals surface area (Å²) < 4.78 is 5.27. The number of benzene rings is 2. The van der Waals surface area contributed by atoms with Crippen LogP contribution in [-0.2, 0) is 11.2 Å². The Balaban J connectivity index is 1.51. The van der Waals surface area contributed by atoms with Crippen LogP contribution in [0.15, 0.2) is 53.1 Å². The van der Waals surface area contributed by atoms with Crippen LogP contribution < -0.4 is 5.32 Å². The number of aromatic nitrogens is 1. The number of rotatable bonds is 4. The van der Waals surface area contributed by atoms with Gasteiger partial charge in [-0.2, -0.15) is 0 Å². The van der Waals surface area contributed by atoms with Crippen molar-refractivity contribution < 1.29 is 14.1 Å². The van der Waals surface area contributed by atoms with E-state index in [9.17, 15) is 9.59 Å². The second-order valence-corrected chi connectivity index (χ2v) is 8.05. The van der Waals surface area contributed by atoms with Gasteiger partial charge in [-0.25, -0.2) is 0 Å². The summed E-state index contributed by atoms with van der Waals surface area (Å²) in [5, 5.41) is 7.72. The maximum atomic E-state index is 13.1. The van der Waals surface area contributed by atoms with Crippen molar-refractivity contribution in [2.75, 3.05) is 18.4 Å². The zero-order valence-electron chi connectivity index (χ0n) is 16.7. The second kappa shape index (κ2) is 8.07. The number of hydrogen-bond acceptors (Lipinski definition) is 4. The molecule has 2 unspecified atom stereocenters. The van der Waals surface area contributed by atoms with Crippen molar-refractivity contribution in [3.8, 4) is 0 Å². The van der Waals surface area contributed by atoms with Gasteiger partial charge >= 0.3 is 0 Å². The molecule has 3 aromatic rings. The first-order valence-corrected chi connectivity index (χ1v) is 10.0. The molecular formula is C23H25N3O3. The van der Waals surface area contributed by atoms with Gasteiger partial charge in [0.15, 0.2) is 5.58 Å². The van der Waals surface area contributed by atoms with Gasteiger partial charge in [-0.3, -0.25) is 9.59 Å². The second-order valence-electron chi connectivity index (χ2n) is 8.05. The zero-order chi connectivity index (χ0) is 20.4. The van der Waals surface area contributed by atoms with Gasteiger partial charge in [-0.15, -0.1) is 0 Å². The summed E-state index contributed by atoms with van der Waals surface area (Å²) in [7, 11) is 0. The third-order valence-electron chi connectivity index (χ3n) is 5.37. The van der Waals surface area contributed by atoms with Crippen molar-refractivity contribution in [2.45, 2.75) is 26.7 Å². The highest BCUT2D eigenvalue weighted by molar-refractivity contribution is 6.04. The highest BCUT2D eigenvalue weighted by Crippen LogP contribution is 2.25. The first kappa shape index (κ1) is 19.2. The van der Waals surface area contributed by atoms with Crippen molar-refractivity contribution in [1.29, 1.82) is 0 Å². The monoisotopic (exact) mass is 391 g/mol. The molecule has 150 valence electrons. The standard InChI is InChI=1S/C23H25N3O3/c1-15-11-16(2)14-26(13-15)23(28)18-8-3-5-9-19(18)24-22(27)12-20-17-7-4-6-10-21(17)29-25-20/h3-10,15-16H,11-14H2,1-2H3,(H,24,27). The first-order chi connectivity index (χ1) is 14.0. The third-order valence-corrected chi connectivity index (χ3v) is 5.37. The molecule has 2 atom stereocenters. The van der Waals surface area contributed by atoms with E-state index in [1.807, 2.05) is 41.3 Å². The van der Waals surface area contributed by atoms with Crippen molar-refractivity contribution in [2.24, 2.45) is 11.8 Å². The highest BCUT2D eigenvalue weighted by Gasteiger charge is 2.27. The van der Waals surface area contributed by atoms with Gasteiger partial charge < -0.3 is 14.7 Å². The van der Waals surface area contributed by atoms with Crippen LogP contribution >= 0.6 is 0 Å². The predicted molar refractivity (Wildman–Crippen MR) is 112 cm³/mol. The number of likely N-dealkylation sites (tertiary alicyclic amines) is 1. The largest absolute Gasteiger partial charge is 0.356 e. The Hall–Kier alpha value is -3.15. The van der Waals surface area contributed by atoms with Crippen molar-refractivity contribution in [3.63, 3.8) is 0 Å². The fourth-order valence-electron chi connectivity index (χ4n) is 4.19. The molecule has 1 aliphatic rings. The van der Waals surface area contributed by atoms with Gasteiger partial charge in [0.05, 0.1) is 17.7 Å². The van der Waals surface area contributed by atoms with Crippen molar-refractivity contribution in [3.05, 3.63) is 59.8 Å². The van der Waals surface area contributed by atoms with E-state index >= 15 is 0 Å². The first-order valence-electron chi connectivity index (χ1n) is 10.0. The van der Waals surface area contributed by atoms with Crippen LogP contribution in [0.3, 0.4) is 0 Å². The summed E-state index contributed by atoms with van der Waals surface area (Å²) >= 11 is 0. The number of carbonyl (C=O) groups excluding carboxylic acids is 2. The van der Waals surface area contributed by atoms with Gasteiger partial charge in [0.1, 0.15) is 5.69 Å². The molecule has 0 radical (unpaired) electrons. The van der Waals surface area contributed by atoms with Gasteiger partial charge in [0, 0.05) is 18.5 Å². The lowest BCUT2D eigenvalue weighted by molar-refractivity contribution is -0.115. The minimum atomic E-state index is -0.232. The molecule has 1 N–H and O–H groups in total. The normalized spacial score (nSPS) is 19.3. The molecule has 2 aromatic carbocycles.